The number of hydrogen-bond acceptors (Lipinski definition) is 6. The molecule has 2 aromatic rings. The minimum Gasteiger partial charge on any atom is -0.494 e. The minimum atomic E-state index is -0.241. The van der Waals surface area contributed by atoms with E-state index in [9.17, 15) is 9.90 Å². The second kappa shape index (κ2) is 9.37. The molecule has 1 aliphatic carbocycles. The second-order valence-electron chi connectivity index (χ2n) is 10.3. The molecule has 4 rings (SSSR count). The molecule has 0 unspecified atom stereocenters. The first kappa shape index (κ1) is 24.2. The summed E-state index contributed by atoms with van der Waals surface area (Å²) >= 11 is 0. The first-order chi connectivity index (χ1) is 16.2. The Morgan fingerprint density at radius 3 is 2.62 bits per heavy atom. The van der Waals surface area contributed by atoms with Gasteiger partial charge in [-0.05, 0) is 43.4 Å². The van der Waals surface area contributed by atoms with Gasteiger partial charge in [0.2, 0.25) is 0 Å². The lowest BCUT2D eigenvalue weighted by Crippen LogP contribution is -2.31. The van der Waals surface area contributed by atoms with Crippen LogP contribution < -0.4 is 9.64 Å². The number of rotatable bonds is 9. The highest BCUT2D eigenvalue weighted by Crippen LogP contribution is 2.41. The number of carbonyl (C=O) groups excluding carboxylic acids is 1. The molecule has 7 nitrogen and oxygen atoms in total. The Labute approximate surface area is 202 Å². The zero-order valence-electron chi connectivity index (χ0n) is 20.9. The number of pyridine rings is 1. The monoisotopic (exact) mass is 464 g/mol. The van der Waals surface area contributed by atoms with Gasteiger partial charge in [0, 0.05) is 47.9 Å². The van der Waals surface area contributed by atoms with E-state index in [1.165, 1.54) is 12.8 Å². The number of amidine groups is 1. The zero-order valence-corrected chi connectivity index (χ0v) is 20.9. The van der Waals surface area contributed by atoms with Crippen LogP contribution in [0, 0.1) is 5.41 Å². The number of nitrogens with zero attached hydrogens (tertiary/aromatic N) is 3. The van der Waals surface area contributed by atoms with Crippen LogP contribution in [0.15, 0.2) is 24.3 Å². The molecular formula is C27H36N4O3. The van der Waals surface area contributed by atoms with Gasteiger partial charge in [-0.3, -0.25) is 10.2 Å². The molecule has 7 heteroatoms. The second-order valence-corrected chi connectivity index (χ2v) is 10.3. The van der Waals surface area contributed by atoms with Crippen LogP contribution in [0.1, 0.15) is 79.3 Å². The number of ether oxygens (including phenoxy) is 1. The van der Waals surface area contributed by atoms with Crippen LogP contribution >= 0.6 is 0 Å². The number of methoxy groups -OCH3 is 1. The van der Waals surface area contributed by atoms with Gasteiger partial charge in [-0.15, -0.1) is 0 Å². The van der Waals surface area contributed by atoms with Crippen LogP contribution in [0.3, 0.4) is 0 Å². The molecule has 0 radical (unpaired) electrons. The molecule has 34 heavy (non-hydrogen) atoms. The van der Waals surface area contributed by atoms with Crippen LogP contribution in [0.2, 0.25) is 0 Å². The molecule has 0 bridgehead atoms. The lowest BCUT2D eigenvalue weighted by molar-refractivity contribution is 0.0962. The van der Waals surface area contributed by atoms with E-state index in [4.69, 9.17) is 15.1 Å². The van der Waals surface area contributed by atoms with Gasteiger partial charge >= 0.3 is 0 Å². The highest BCUT2D eigenvalue weighted by Gasteiger charge is 2.32. The topological polar surface area (TPSA) is 89.8 Å². The summed E-state index contributed by atoms with van der Waals surface area (Å²) in [5.41, 5.74) is 4.89. The van der Waals surface area contributed by atoms with Crippen molar-refractivity contribution in [1.82, 2.24) is 9.88 Å². The number of anilines is 1. The number of carbonyl (C=O) groups is 1. The lowest BCUT2D eigenvalue weighted by atomic mass is 9.84. The van der Waals surface area contributed by atoms with E-state index in [1.54, 1.807) is 7.11 Å². The van der Waals surface area contributed by atoms with E-state index >= 15 is 0 Å². The molecule has 0 atom stereocenters. The highest BCUT2D eigenvalue weighted by molar-refractivity contribution is 6.05. The lowest BCUT2D eigenvalue weighted by Gasteiger charge is -2.30. The highest BCUT2D eigenvalue weighted by atomic mass is 16.5. The Morgan fingerprint density at radius 2 is 2.03 bits per heavy atom. The van der Waals surface area contributed by atoms with E-state index in [-0.39, 0.29) is 24.3 Å². The van der Waals surface area contributed by atoms with Crippen molar-refractivity contribution in [2.75, 3.05) is 38.3 Å². The normalized spacial score (nSPS) is 15.5. The third kappa shape index (κ3) is 4.67. The molecule has 182 valence electrons. The quantitative estimate of drug-likeness (QED) is 0.543. The standard InChI is InChI=1S/C27H36N4O3/c1-6-30(11-12-32)22-14-19(13-20(25(22)34-5)27(2,3)4)23(33)16-31-15-18-9-10-21(17-7-8-17)29-24(18)26(31)28/h9-10,13-14,17,28,32H,6-8,11-12,15-16H2,1-5H3. The summed E-state index contributed by atoms with van der Waals surface area (Å²) in [5, 5.41) is 18.2. The predicted molar refractivity (Wildman–Crippen MR) is 134 cm³/mol. The van der Waals surface area contributed by atoms with Crippen molar-refractivity contribution in [1.29, 1.82) is 5.41 Å². The Hall–Kier alpha value is -2.93. The van der Waals surface area contributed by atoms with Crippen molar-refractivity contribution in [2.45, 2.75) is 58.4 Å². The maximum Gasteiger partial charge on any atom is 0.182 e. The smallest absolute Gasteiger partial charge is 0.182 e. The largest absolute Gasteiger partial charge is 0.494 e. The molecule has 0 amide bonds. The van der Waals surface area contributed by atoms with Crippen molar-refractivity contribution in [3.05, 3.63) is 52.3 Å². The van der Waals surface area contributed by atoms with Gasteiger partial charge in [0.1, 0.15) is 17.3 Å². The van der Waals surface area contributed by atoms with Crippen molar-refractivity contribution < 1.29 is 14.6 Å². The van der Waals surface area contributed by atoms with E-state index in [0.29, 0.717) is 42.6 Å². The van der Waals surface area contributed by atoms with Gasteiger partial charge in [-0.1, -0.05) is 26.8 Å². The fourth-order valence-corrected chi connectivity index (χ4v) is 4.63. The Kier molecular flexibility index (Phi) is 6.67. The molecule has 0 spiro atoms. The maximum atomic E-state index is 13.5. The number of Topliss-reactive ketones (excluding diaryl/α,β-unsaturated/α-hetero) is 1. The van der Waals surface area contributed by atoms with Gasteiger partial charge in [0.25, 0.3) is 0 Å². The van der Waals surface area contributed by atoms with Crippen molar-refractivity contribution >= 4 is 17.3 Å². The number of likely N-dealkylation sites (N-methyl/N-ethyl adjacent to an activating group) is 1. The van der Waals surface area contributed by atoms with Gasteiger partial charge in [-0.25, -0.2) is 4.98 Å². The summed E-state index contributed by atoms with van der Waals surface area (Å²) in [4.78, 5) is 22.1. The minimum absolute atomic E-state index is 0.0130. The molecule has 1 aromatic heterocycles. The van der Waals surface area contributed by atoms with E-state index < -0.39 is 0 Å². The van der Waals surface area contributed by atoms with E-state index in [2.05, 4.69) is 32.9 Å². The van der Waals surface area contributed by atoms with Crippen LogP contribution in [-0.2, 0) is 12.0 Å². The molecule has 2 heterocycles. The number of nitrogens with one attached hydrogen (secondary N) is 1. The fourth-order valence-electron chi connectivity index (χ4n) is 4.63. The van der Waals surface area contributed by atoms with Gasteiger partial charge in [0.15, 0.2) is 5.78 Å². The zero-order chi connectivity index (χ0) is 24.6. The fraction of sp³-hybridized carbons (Fsp3) is 0.519. The average molecular weight is 465 g/mol. The summed E-state index contributed by atoms with van der Waals surface area (Å²) in [6, 6.07) is 7.92. The van der Waals surface area contributed by atoms with Crippen LogP contribution in [0.5, 0.6) is 5.75 Å². The maximum absolute atomic E-state index is 13.5. The van der Waals surface area contributed by atoms with Gasteiger partial charge in [0.05, 0.1) is 25.9 Å². The molecule has 1 aromatic carbocycles. The average Bonchev–Trinajstić information content (AvgIpc) is 3.61. The number of benzene rings is 1. The summed E-state index contributed by atoms with van der Waals surface area (Å²) in [6.07, 6.45) is 2.34. The molecule has 1 saturated carbocycles. The van der Waals surface area contributed by atoms with Crippen molar-refractivity contribution in [2.24, 2.45) is 0 Å². The number of hydrogen-bond donors (Lipinski definition) is 2. The Balaban J connectivity index is 1.64. The predicted octanol–water partition coefficient (Wildman–Crippen LogP) is 4.11. The van der Waals surface area contributed by atoms with Gasteiger partial charge in [-0.2, -0.15) is 0 Å². The van der Waals surface area contributed by atoms with Crippen LogP contribution in [-0.4, -0.2) is 60.0 Å². The molecule has 1 fully saturated rings. The van der Waals surface area contributed by atoms with Gasteiger partial charge < -0.3 is 19.6 Å². The van der Waals surface area contributed by atoms with E-state index in [1.807, 2.05) is 28.9 Å². The number of aromatic nitrogens is 1. The summed E-state index contributed by atoms with van der Waals surface area (Å²) in [6.45, 7) is 10.1. The molecule has 2 aliphatic rings. The van der Waals surface area contributed by atoms with E-state index in [0.717, 1.165) is 28.3 Å². The number of aliphatic hydroxyl groups is 1. The Morgan fingerprint density at radius 1 is 1.29 bits per heavy atom. The SMILES string of the molecule is CCN(CCO)c1cc(C(=O)CN2Cc3ccc(C4CC4)nc3C2=N)cc(C(C)(C)C)c1OC. The van der Waals surface area contributed by atoms with Crippen LogP contribution in [0.25, 0.3) is 0 Å². The third-order valence-corrected chi connectivity index (χ3v) is 6.73. The molecule has 2 N–H and O–H groups in total. The first-order valence-electron chi connectivity index (χ1n) is 12.1. The first-order valence-corrected chi connectivity index (χ1v) is 12.1. The number of ketones is 1. The summed E-state index contributed by atoms with van der Waals surface area (Å²) in [7, 11) is 1.65. The van der Waals surface area contributed by atoms with Crippen LogP contribution in [0.4, 0.5) is 5.69 Å². The van der Waals surface area contributed by atoms with Crippen molar-refractivity contribution in [3.8, 4) is 5.75 Å². The Bertz CT molecular complexity index is 1100. The number of aliphatic hydroxyl groups excluding tert-OH is 1. The molecule has 0 saturated heterocycles. The number of fused-ring (bicyclic) bond motifs is 1. The third-order valence-electron chi connectivity index (χ3n) is 6.73. The summed E-state index contributed by atoms with van der Waals surface area (Å²) in [5.74, 6) is 1.54. The summed E-state index contributed by atoms with van der Waals surface area (Å²) < 4.78 is 5.81. The molecular weight excluding hydrogens is 428 g/mol. The van der Waals surface area contributed by atoms with Crippen molar-refractivity contribution in [3.63, 3.8) is 0 Å². The molecule has 1 aliphatic heterocycles.